The SMILES string of the molecule is COCC(C)OOC(=O)c1cccc(OC)c1. The minimum atomic E-state index is -0.563. The second-order valence-electron chi connectivity index (χ2n) is 3.46. The molecule has 0 spiro atoms. The fourth-order valence-corrected chi connectivity index (χ4v) is 1.19. The van der Waals surface area contributed by atoms with E-state index in [0.717, 1.165) is 0 Å². The summed E-state index contributed by atoms with van der Waals surface area (Å²) in [5.74, 6) is 0.0243. The van der Waals surface area contributed by atoms with E-state index in [2.05, 4.69) is 4.89 Å². The van der Waals surface area contributed by atoms with Gasteiger partial charge in [0.05, 0.1) is 19.3 Å². The molecule has 0 amide bonds. The molecule has 0 bridgehead atoms. The predicted octanol–water partition coefficient (Wildman–Crippen LogP) is 1.82. The smallest absolute Gasteiger partial charge is 0.373 e. The number of benzene rings is 1. The van der Waals surface area contributed by atoms with Crippen LogP contribution < -0.4 is 4.74 Å². The molecule has 94 valence electrons. The molecule has 0 radical (unpaired) electrons. The van der Waals surface area contributed by atoms with Gasteiger partial charge in [0.25, 0.3) is 0 Å². The summed E-state index contributed by atoms with van der Waals surface area (Å²) in [6.45, 7) is 2.09. The van der Waals surface area contributed by atoms with Crippen molar-refractivity contribution in [2.75, 3.05) is 20.8 Å². The van der Waals surface area contributed by atoms with Crippen LogP contribution in [0, 0.1) is 0 Å². The second kappa shape index (κ2) is 6.88. The number of rotatable bonds is 6. The number of carbonyl (C=O) groups excluding carboxylic acids is 1. The first-order valence-electron chi connectivity index (χ1n) is 5.18. The first-order valence-corrected chi connectivity index (χ1v) is 5.18. The highest BCUT2D eigenvalue weighted by molar-refractivity contribution is 5.89. The van der Waals surface area contributed by atoms with Crippen LogP contribution in [-0.4, -0.2) is 32.9 Å². The minimum absolute atomic E-state index is 0.311. The summed E-state index contributed by atoms with van der Waals surface area (Å²) in [7, 11) is 3.07. The first kappa shape index (κ1) is 13.5. The quantitative estimate of drug-likeness (QED) is 0.560. The molecule has 1 atom stereocenters. The van der Waals surface area contributed by atoms with Gasteiger partial charge in [-0.25, -0.2) is 4.79 Å². The molecular formula is C12H16O5. The Hall–Kier alpha value is -1.59. The number of methoxy groups -OCH3 is 2. The van der Waals surface area contributed by atoms with E-state index in [1.54, 1.807) is 38.3 Å². The number of ether oxygens (including phenoxy) is 2. The highest BCUT2D eigenvalue weighted by Crippen LogP contribution is 2.13. The lowest BCUT2D eigenvalue weighted by Gasteiger charge is -2.10. The molecule has 0 aromatic heterocycles. The molecule has 0 saturated carbocycles. The van der Waals surface area contributed by atoms with Crippen LogP contribution in [0.1, 0.15) is 17.3 Å². The van der Waals surface area contributed by atoms with Crippen LogP contribution >= 0.6 is 0 Å². The average Bonchev–Trinajstić information content (AvgIpc) is 2.36. The van der Waals surface area contributed by atoms with Gasteiger partial charge in [-0.2, -0.15) is 4.89 Å². The van der Waals surface area contributed by atoms with Gasteiger partial charge in [0.15, 0.2) is 0 Å². The molecule has 1 aromatic rings. The summed E-state index contributed by atoms with van der Waals surface area (Å²) >= 11 is 0. The van der Waals surface area contributed by atoms with Crippen LogP contribution in [0.3, 0.4) is 0 Å². The molecule has 1 unspecified atom stereocenters. The molecule has 0 aliphatic carbocycles. The summed E-state index contributed by atoms with van der Waals surface area (Å²) in [5.41, 5.74) is 0.369. The van der Waals surface area contributed by atoms with Crippen LogP contribution in [0.4, 0.5) is 0 Å². The van der Waals surface area contributed by atoms with E-state index in [1.807, 2.05) is 0 Å². The van der Waals surface area contributed by atoms with Gasteiger partial charge < -0.3 is 9.47 Å². The molecule has 0 saturated heterocycles. The van der Waals surface area contributed by atoms with E-state index in [4.69, 9.17) is 14.4 Å². The van der Waals surface area contributed by atoms with Crippen molar-refractivity contribution < 1.29 is 24.0 Å². The number of hydrogen-bond donors (Lipinski definition) is 0. The Balaban J connectivity index is 2.51. The van der Waals surface area contributed by atoms with Crippen molar-refractivity contribution in [2.45, 2.75) is 13.0 Å². The van der Waals surface area contributed by atoms with Crippen LogP contribution in [0.25, 0.3) is 0 Å². The Bertz CT molecular complexity index is 364. The summed E-state index contributed by atoms with van der Waals surface area (Å²) in [4.78, 5) is 21.1. The molecule has 0 fully saturated rings. The normalized spacial score (nSPS) is 11.9. The van der Waals surface area contributed by atoms with Crippen LogP contribution in [0.2, 0.25) is 0 Å². The van der Waals surface area contributed by atoms with Crippen LogP contribution in [-0.2, 0) is 14.5 Å². The maximum Gasteiger partial charge on any atom is 0.373 e. The summed E-state index contributed by atoms with van der Waals surface area (Å²) < 4.78 is 9.84. The van der Waals surface area contributed by atoms with E-state index in [-0.39, 0.29) is 6.10 Å². The molecule has 0 N–H and O–H groups in total. The molecular weight excluding hydrogens is 224 g/mol. The van der Waals surface area contributed by atoms with Crippen LogP contribution in [0.5, 0.6) is 5.75 Å². The summed E-state index contributed by atoms with van der Waals surface area (Å²) in [6, 6.07) is 6.64. The highest BCUT2D eigenvalue weighted by atomic mass is 17.2. The van der Waals surface area contributed by atoms with Crippen molar-refractivity contribution in [2.24, 2.45) is 0 Å². The standard InChI is InChI=1S/C12H16O5/c1-9(8-14-2)16-17-12(13)10-5-4-6-11(7-10)15-3/h4-7,9H,8H2,1-3H3. The van der Waals surface area contributed by atoms with Gasteiger partial charge in [0.2, 0.25) is 0 Å². The monoisotopic (exact) mass is 240 g/mol. The van der Waals surface area contributed by atoms with E-state index in [9.17, 15) is 4.79 Å². The van der Waals surface area contributed by atoms with Gasteiger partial charge in [0, 0.05) is 7.11 Å². The molecule has 17 heavy (non-hydrogen) atoms. The molecule has 1 rings (SSSR count). The largest absolute Gasteiger partial charge is 0.497 e. The zero-order valence-electron chi connectivity index (χ0n) is 10.1. The molecule has 1 aromatic carbocycles. The van der Waals surface area contributed by atoms with Crippen molar-refractivity contribution >= 4 is 5.97 Å². The van der Waals surface area contributed by atoms with Gasteiger partial charge >= 0.3 is 5.97 Å². The fraction of sp³-hybridized carbons (Fsp3) is 0.417. The maximum absolute atomic E-state index is 11.6. The van der Waals surface area contributed by atoms with E-state index in [1.165, 1.54) is 7.11 Å². The molecule has 0 aliphatic heterocycles. The lowest BCUT2D eigenvalue weighted by molar-refractivity contribution is -0.276. The Kier molecular flexibility index (Phi) is 5.45. The van der Waals surface area contributed by atoms with Crippen LogP contribution in [0.15, 0.2) is 24.3 Å². The van der Waals surface area contributed by atoms with E-state index in [0.29, 0.717) is 17.9 Å². The lowest BCUT2D eigenvalue weighted by Crippen LogP contribution is -2.18. The third kappa shape index (κ3) is 4.42. The summed E-state index contributed by atoms with van der Waals surface area (Å²) in [6.07, 6.45) is -0.311. The Morgan fingerprint density at radius 1 is 1.35 bits per heavy atom. The third-order valence-corrected chi connectivity index (χ3v) is 1.99. The second-order valence-corrected chi connectivity index (χ2v) is 3.46. The van der Waals surface area contributed by atoms with Crippen molar-refractivity contribution in [3.8, 4) is 5.75 Å². The maximum atomic E-state index is 11.6. The molecule has 0 aliphatic rings. The first-order chi connectivity index (χ1) is 8.17. The minimum Gasteiger partial charge on any atom is -0.497 e. The highest BCUT2D eigenvalue weighted by Gasteiger charge is 2.11. The fourth-order valence-electron chi connectivity index (χ4n) is 1.19. The summed E-state index contributed by atoms with van der Waals surface area (Å²) in [5, 5.41) is 0. The molecule has 0 heterocycles. The number of carbonyl (C=O) groups is 1. The average molecular weight is 240 g/mol. The zero-order chi connectivity index (χ0) is 12.7. The van der Waals surface area contributed by atoms with Gasteiger partial charge in [-0.1, -0.05) is 6.07 Å². The van der Waals surface area contributed by atoms with Gasteiger partial charge in [-0.15, -0.1) is 0 Å². The number of hydrogen-bond acceptors (Lipinski definition) is 5. The van der Waals surface area contributed by atoms with Gasteiger partial charge in [-0.3, -0.25) is 4.89 Å². The van der Waals surface area contributed by atoms with Crippen molar-refractivity contribution in [3.63, 3.8) is 0 Å². The Morgan fingerprint density at radius 3 is 2.76 bits per heavy atom. The van der Waals surface area contributed by atoms with Crippen molar-refractivity contribution in [3.05, 3.63) is 29.8 Å². The molecule has 5 nitrogen and oxygen atoms in total. The van der Waals surface area contributed by atoms with Crippen molar-refractivity contribution in [1.82, 2.24) is 0 Å². The Morgan fingerprint density at radius 2 is 2.12 bits per heavy atom. The third-order valence-electron chi connectivity index (χ3n) is 1.99. The van der Waals surface area contributed by atoms with Gasteiger partial charge in [-0.05, 0) is 25.1 Å². The van der Waals surface area contributed by atoms with E-state index >= 15 is 0 Å². The zero-order valence-corrected chi connectivity index (χ0v) is 10.1. The lowest BCUT2D eigenvalue weighted by atomic mass is 10.2. The topological polar surface area (TPSA) is 54.0 Å². The van der Waals surface area contributed by atoms with Gasteiger partial charge in [0.1, 0.15) is 11.9 Å². The molecule has 5 heteroatoms. The van der Waals surface area contributed by atoms with Crippen molar-refractivity contribution in [1.29, 1.82) is 0 Å². The van der Waals surface area contributed by atoms with E-state index < -0.39 is 5.97 Å². The Labute approximate surface area is 100 Å². The predicted molar refractivity (Wildman–Crippen MR) is 60.8 cm³/mol.